The fourth-order valence-electron chi connectivity index (χ4n) is 2.89. The van der Waals surface area contributed by atoms with Crippen LogP contribution in [-0.2, 0) is 6.54 Å². The molecule has 0 aromatic carbocycles. The second kappa shape index (κ2) is 10.1. The van der Waals surface area contributed by atoms with E-state index < -0.39 is 0 Å². The minimum absolute atomic E-state index is 0. The Morgan fingerprint density at radius 3 is 2.57 bits per heavy atom. The van der Waals surface area contributed by atoms with Crippen LogP contribution < -0.4 is 10.6 Å². The van der Waals surface area contributed by atoms with Crippen molar-refractivity contribution in [1.82, 2.24) is 20.7 Å². The first-order valence-corrected chi connectivity index (χ1v) is 8.15. The van der Waals surface area contributed by atoms with E-state index in [4.69, 9.17) is 4.52 Å². The average molecular weight is 435 g/mol. The summed E-state index contributed by atoms with van der Waals surface area (Å²) in [7, 11) is 4.01. The van der Waals surface area contributed by atoms with Crippen molar-refractivity contribution in [3.05, 3.63) is 17.0 Å². The molecule has 1 aliphatic heterocycles. The van der Waals surface area contributed by atoms with Gasteiger partial charge in [-0.1, -0.05) is 5.16 Å². The lowest BCUT2D eigenvalue weighted by atomic mass is 9.94. The van der Waals surface area contributed by atoms with E-state index in [1.165, 1.54) is 32.4 Å². The van der Waals surface area contributed by atoms with E-state index in [-0.39, 0.29) is 24.0 Å². The van der Waals surface area contributed by atoms with Gasteiger partial charge in [-0.3, -0.25) is 4.99 Å². The Balaban J connectivity index is 0.00000264. The summed E-state index contributed by atoms with van der Waals surface area (Å²) in [4.78, 5) is 6.69. The van der Waals surface area contributed by atoms with E-state index in [1.54, 1.807) is 7.05 Å². The van der Waals surface area contributed by atoms with Crippen LogP contribution >= 0.6 is 24.0 Å². The Morgan fingerprint density at radius 2 is 2.00 bits per heavy atom. The third-order valence-corrected chi connectivity index (χ3v) is 4.52. The summed E-state index contributed by atoms with van der Waals surface area (Å²) in [5.74, 6) is 2.55. The van der Waals surface area contributed by atoms with Crippen molar-refractivity contribution in [2.24, 2.45) is 10.9 Å². The summed E-state index contributed by atoms with van der Waals surface area (Å²) in [6.45, 7) is 8.01. The van der Waals surface area contributed by atoms with Gasteiger partial charge < -0.3 is 20.1 Å². The first-order chi connectivity index (χ1) is 10.6. The Bertz CT molecular complexity index is 475. The number of aliphatic imine (C=N–C) groups is 1. The molecule has 0 saturated carbocycles. The molecule has 1 aromatic heterocycles. The third kappa shape index (κ3) is 6.29. The minimum atomic E-state index is 0. The number of piperidine rings is 1. The van der Waals surface area contributed by atoms with Gasteiger partial charge >= 0.3 is 0 Å². The zero-order valence-corrected chi connectivity index (χ0v) is 17.0. The van der Waals surface area contributed by atoms with Gasteiger partial charge in [0, 0.05) is 25.7 Å². The Labute approximate surface area is 156 Å². The van der Waals surface area contributed by atoms with Crippen LogP contribution in [0, 0.1) is 19.8 Å². The first-order valence-electron chi connectivity index (χ1n) is 8.15. The maximum Gasteiger partial charge on any atom is 0.191 e. The predicted molar refractivity (Wildman–Crippen MR) is 104 cm³/mol. The van der Waals surface area contributed by atoms with Crippen LogP contribution in [0.1, 0.15) is 36.3 Å². The largest absolute Gasteiger partial charge is 0.361 e. The highest BCUT2D eigenvalue weighted by molar-refractivity contribution is 14.0. The summed E-state index contributed by atoms with van der Waals surface area (Å²) in [6.07, 6.45) is 3.83. The molecule has 2 rings (SSSR count). The number of halogens is 1. The second-order valence-electron chi connectivity index (χ2n) is 6.19. The quantitative estimate of drug-likeness (QED) is 0.422. The van der Waals surface area contributed by atoms with Crippen molar-refractivity contribution in [3.63, 3.8) is 0 Å². The molecular formula is C16H30IN5O. The van der Waals surface area contributed by atoms with Crippen LogP contribution in [0.15, 0.2) is 9.52 Å². The molecule has 132 valence electrons. The van der Waals surface area contributed by atoms with E-state index in [2.05, 4.69) is 32.7 Å². The zero-order valence-electron chi connectivity index (χ0n) is 14.7. The van der Waals surface area contributed by atoms with E-state index in [1.807, 2.05) is 13.8 Å². The summed E-state index contributed by atoms with van der Waals surface area (Å²) in [6, 6.07) is 0. The van der Waals surface area contributed by atoms with E-state index in [0.717, 1.165) is 35.4 Å². The maximum absolute atomic E-state index is 5.18. The maximum atomic E-state index is 5.18. The monoisotopic (exact) mass is 435 g/mol. The summed E-state index contributed by atoms with van der Waals surface area (Å²) < 4.78 is 5.18. The normalized spacial score (nSPS) is 17.0. The van der Waals surface area contributed by atoms with Gasteiger partial charge in [-0.2, -0.15) is 0 Å². The molecule has 1 aliphatic rings. The zero-order chi connectivity index (χ0) is 15.9. The number of rotatable bonds is 5. The standard InChI is InChI=1S/C16H29N5O.HI/c1-12-15(13(2)22-20-12)11-19-16(17-3)18-8-5-14-6-9-21(4)10-7-14;/h14H,5-11H2,1-4H3,(H2,17,18,19);1H. The van der Waals surface area contributed by atoms with Crippen molar-refractivity contribution < 1.29 is 4.52 Å². The molecule has 0 atom stereocenters. The second-order valence-corrected chi connectivity index (χ2v) is 6.19. The summed E-state index contributed by atoms with van der Waals surface area (Å²) >= 11 is 0. The van der Waals surface area contributed by atoms with Gasteiger partial charge in [0.2, 0.25) is 0 Å². The molecule has 1 saturated heterocycles. The SMILES string of the molecule is CN=C(NCCC1CCN(C)CC1)NCc1c(C)noc1C.I. The molecule has 23 heavy (non-hydrogen) atoms. The predicted octanol–water partition coefficient (Wildman–Crippen LogP) is 2.31. The fraction of sp³-hybridized carbons (Fsp3) is 0.750. The molecule has 0 unspecified atom stereocenters. The molecular weight excluding hydrogens is 405 g/mol. The van der Waals surface area contributed by atoms with Crippen molar-refractivity contribution in [2.45, 2.75) is 39.7 Å². The Morgan fingerprint density at radius 1 is 1.30 bits per heavy atom. The van der Waals surface area contributed by atoms with Crippen molar-refractivity contribution >= 4 is 29.9 Å². The number of hydrogen-bond acceptors (Lipinski definition) is 4. The molecule has 0 amide bonds. The Hall–Kier alpha value is -0.830. The molecule has 0 spiro atoms. The van der Waals surface area contributed by atoms with Crippen molar-refractivity contribution in [3.8, 4) is 0 Å². The molecule has 2 N–H and O–H groups in total. The number of nitrogens with zero attached hydrogens (tertiary/aromatic N) is 3. The van der Waals surface area contributed by atoms with E-state index in [9.17, 15) is 0 Å². The van der Waals surface area contributed by atoms with Crippen LogP contribution in [0.25, 0.3) is 0 Å². The van der Waals surface area contributed by atoms with Crippen LogP contribution in [0.4, 0.5) is 0 Å². The van der Waals surface area contributed by atoms with E-state index in [0.29, 0.717) is 6.54 Å². The highest BCUT2D eigenvalue weighted by Crippen LogP contribution is 2.18. The number of nitrogens with one attached hydrogen (secondary N) is 2. The van der Waals surface area contributed by atoms with Crippen LogP contribution in [0.2, 0.25) is 0 Å². The third-order valence-electron chi connectivity index (χ3n) is 4.52. The van der Waals surface area contributed by atoms with Crippen LogP contribution in [0.5, 0.6) is 0 Å². The molecule has 0 bridgehead atoms. The van der Waals surface area contributed by atoms with Gasteiger partial charge in [-0.25, -0.2) is 0 Å². The smallest absolute Gasteiger partial charge is 0.191 e. The number of aryl methyl sites for hydroxylation is 2. The van der Waals surface area contributed by atoms with Gasteiger partial charge in [0.15, 0.2) is 5.96 Å². The molecule has 6 nitrogen and oxygen atoms in total. The van der Waals surface area contributed by atoms with Crippen LogP contribution in [-0.4, -0.2) is 49.7 Å². The lowest BCUT2D eigenvalue weighted by molar-refractivity contribution is 0.213. The molecule has 7 heteroatoms. The van der Waals surface area contributed by atoms with Gasteiger partial charge in [-0.15, -0.1) is 24.0 Å². The summed E-state index contributed by atoms with van der Waals surface area (Å²) in [5, 5.41) is 10.7. The number of guanidine groups is 1. The van der Waals surface area contributed by atoms with Crippen LogP contribution in [0.3, 0.4) is 0 Å². The van der Waals surface area contributed by atoms with Gasteiger partial charge in [0.05, 0.1) is 5.69 Å². The van der Waals surface area contributed by atoms with Gasteiger partial charge in [0.1, 0.15) is 5.76 Å². The fourth-order valence-corrected chi connectivity index (χ4v) is 2.89. The highest BCUT2D eigenvalue weighted by atomic mass is 127. The van der Waals surface area contributed by atoms with Gasteiger partial charge in [-0.05, 0) is 59.2 Å². The number of hydrogen-bond donors (Lipinski definition) is 2. The lowest BCUT2D eigenvalue weighted by Crippen LogP contribution is -2.38. The number of likely N-dealkylation sites (tertiary alicyclic amines) is 1. The number of aromatic nitrogens is 1. The summed E-state index contributed by atoms with van der Waals surface area (Å²) in [5.41, 5.74) is 2.05. The topological polar surface area (TPSA) is 65.7 Å². The van der Waals surface area contributed by atoms with Crippen molar-refractivity contribution in [2.75, 3.05) is 33.7 Å². The van der Waals surface area contributed by atoms with Gasteiger partial charge in [0.25, 0.3) is 0 Å². The molecule has 2 heterocycles. The molecule has 1 fully saturated rings. The first kappa shape index (κ1) is 20.2. The average Bonchev–Trinajstić information content (AvgIpc) is 2.84. The van der Waals surface area contributed by atoms with E-state index >= 15 is 0 Å². The highest BCUT2D eigenvalue weighted by Gasteiger charge is 2.16. The minimum Gasteiger partial charge on any atom is -0.361 e. The molecule has 1 aromatic rings. The lowest BCUT2D eigenvalue weighted by Gasteiger charge is -2.29. The van der Waals surface area contributed by atoms with Crippen molar-refractivity contribution in [1.29, 1.82) is 0 Å². The molecule has 0 radical (unpaired) electrons. The molecule has 0 aliphatic carbocycles. The Kier molecular flexibility index (Phi) is 8.90.